The number of H-pyrrole nitrogens is 1. The summed E-state index contributed by atoms with van der Waals surface area (Å²) in [6.07, 6.45) is 0.337. The van der Waals surface area contributed by atoms with Crippen LogP contribution in [0.4, 0.5) is 5.69 Å². The van der Waals surface area contributed by atoms with Gasteiger partial charge in [-0.25, -0.2) is 4.98 Å². The number of nitrogens with one attached hydrogen (secondary N) is 2. The Kier molecular flexibility index (Phi) is 3.94. The minimum Gasteiger partial charge on any atom is -0.346 e. The Balaban J connectivity index is 1.72. The summed E-state index contributed by atoms with van der Waals surface area (Å²) in [6.45, 7) is 3.10. The minimum absolute atomic E-state index is 0.130. The Labute approximate surface area is 121 Å². The summed E-state index contributed by atoms with van der Waals surface area (Å²) in [6, 6.07) is 7.35. The van der Waals surface area contributed by atoms with Crippen molar-refractivity contribution in [3.63, 3.8) is 0 Å². The molecule has 0 saturated carbocycles. The third-order valence-electron chi connectivity index (χ3n) is 3.11. The number of carbonyl (C=O) groups is 1. The number of aromatic amines is 1. The van der Waals surface area contributed by atoms with E-state index < -0.39 is 0 Å². The zero-order valence-electron chi connectivity index (χ0n) is 11.6. The predicted octanol–water partition coefficient (Wildman–Crippen LogP) is 1.66. The molecule has 0 unspecified atom stereocenters. The summed E-state index contributed by atoms with van der Waals surface area (Å²) >= 11 is 0. The van der Waals surface area contributed by atoms with Crippen molar-refractivity contribution < 1.29 is 14.3 Å². The van der Waals surface area contributed by atoms with Crippen molar-refractivity contribution in [1.29, 1.82) is 0 Å². The Bertz CT molecular complexity index is 635. The van der Waals surface area contributed by atoms with E-state index >= 15 is 0 Å². The molecule has 110 valence electrons. The van der Waals surface area contributed by atoms with Gasteiger partial charge in [-0.1, -0.05) is 19.1 Å². The molecule has 1 fully saturated rings. The normalized spacial score (nSPS) is 15.3. The monoisotopic (exact) mass is 288 g/mol. The van der Waals surface area contributed by atoms with Crippen molar-refractivity contribution in [2.75, 3.05) is 18.5 Å². The highest BCUT2D eigenvalue weighted by Crippen LogP contribution is 2.25. The van der Waals surface area contributed by atoms with Crippen LogP contribution in [-0.4, -0.2) is 34.3 Å². The van der Waals surface area contributed by atoms with Crippen molar-refractivity contribution in [3.8, 4) is 0 Å². The summed E-state index contributed by atoms with van der Waals surface area (Å²) in [7, 11) is 0. The van der Waals surface area contributed by atoms with Gasteiger partial charge in [-0.2, -0.15) is 0 Å². The largest absolute Gasteiger partial charge is 0.346 e. The van der Waals surface area contributed by atoms with Crippen molar-refractivity contribution >= 4 is 11.6 Å². The van der Waals surface area contributed by atoms with Crippen molar-refractivity contribution in [3.05, 3.63) is 41.5 Å². The number of hydrogen-bond acceptors (Lipinski definition) is 5. The highest BCUT2D eigenvalue weighted by atomic mass is 16.7. The molecule has 0 radical (unpaired) electrons. The van der Waals surface area contributed by atoms with E-state index in [0.717, 1.165) is 5.56 Å². The number of rotatable bonds is 4. The van der Waals surface area contributed by atoms with Crippen molar-refractivity contribution in [2.24, 2.45) is 0 Å². The number of anilines is 1. The average Bonchev–Trinajstić information content (AvgIpc) is 3.19. The Morgan fingerprint density at radius 1 is 1.43 bits per heavy atom. The molecule has 1 aromatic heterocycles. The Hall–Kier alpha value is -2.25. The third-order valence-corrected chi connectivity index (χ3v) is 3.11. The lowest BCUT2D eigenvalue weighted by Gasteiger charge is -2.11. The topological polar surface area (TPSA) is 89.1 Å². The summed E-state index contributed by atoms with van der Waals surface area (Å²) in [5, 5.41) is 9.37. The fraction of sp³-hybridized carbons (Fsp3) is 0.357. The summed E-state index contributed by atoms with van der Waals surface area (Å²) in [5.74, 6) is 0.462. The molecule has 1 amide bonds. The number of nitrogens with zero attached hydrogens (tertiary/aromatic N) is 2. The number of hydrogen-bond donors (Lipinski definition) is 2. The average molecular weight is 288 g/mol. The second kappa shape index (κ2) is 6.02. The lowest BCUT2D eigenvalue weighted by molar-refractivity contribution is -0.0440. The molecule has 1 aliphatic heterocycles. The maximum Gasteiger partial charge on any atom is 0.295 e. The molecule has 7 nitrogen and oxygen atoms in total. The fourth-order valence-corrected chi connectivity index (χ4v) is 2.06. The van der Waals surface area contributed by atoms with Crippen LogP contribution in [-0.2, 0) is 15.9 Å². The molecule has 0 aliphatic carbocycles. The summed E-state index contributed by atoms with van der Waals surface area (Å²) in [4.78, 5) is 16.2. The predicted molar refractivity (Wildman–Crippen MR) is 74.8 cm³/mol. The first-order chi connectivity index (χ1) is 10.3. The molecule has 3 rings (SSSR count). The zero-order valence-corrected chi connectivity index (χ0v) is 11.6. The van der Waals surface area contributed by atoms with Crippen molar-refractivity contribution in [1.82, 2.24) is 15.2 Å². The highest BCUT2D eigenvalue weighted by Gasteiger charge is 2.19. The molecule has 7 heteroatoms. The Morgan fingerprint density at radius 2 is 2.24 bits per heavy atom. The van der Waals surface area contributed by atoms with Crippen LogP contribution in [0.1, 0.15) is 35.2 Å². The third kappa shape index (κ3) is 3.09. The van der Waals surface area contributed by atoms with Crippen LogP contribution >= 0.6 is 0 Å². The van der Waals surface area contributed by atoms with Gasteiger partial charge < -0.3 is 14.8 Å². The van der Waals surface area contributed by atoms with Gasteiger partial charge in [0.1, 0.15) is 5.82 Å². The molecular weight excluding hydrogens is 272 g/mol. The number of aryl methyl sites for hydroxylation is 1. The van der Waals surface area contributed by atoms with Gasteiger partial charge in [0.15, 0.2) is 6.29 Å². The van der Waals surface area contributed by atoms with Gasteiger partial charge in [0.25, 0.3) is 5.91 Å². The van der Waals surface area contributed by atoms with Crippen molar-refractivity contribution in [2.45, 2.75) is 19.6 Å². The second-order valence-electron chi connectivity index (χ2n) is 4.61. The second-order valence-corrected chi connectivity index (χ2v) is 4.61. The van der Waals surface area contributed by atoms with Crippen LogP contribution in [0.5, 0.6) is 0 Å². The molecular formula is C14H16N4O3. The smallest absolute Gasteiger partial charge is 0.295 e. The molecule has 1 aliphatic rings. The van der Waals surface area contributed by atoms with Gasteiger partial charge in [0.05, 0.1) is 13.2 Å². The van der Waals surface area contributed by atoms with Gasteiger partial charge >= 0.3 is 0 Å². The molecule has 1 aromatic carbocycles. The fourth-order valence-electron chi connectivity index (χ4n) is 2.06. The highest BCUT2D eigenvalue weighted by molar-refractivity contribution is 6.01. The van der Waals surface area contributed by atoms with E-state index in [4.69, 9.17) is 9.47 Å². The minimum atomic E-state index is -0.364. The van der Waals surface area contributed by atoms with Gasteiger partial charge in [0, 0.05) is 17.7 Å². The van der Waals surface area contributed by atoms with Crippen LogP contribution < -0.4 is 5.32 Å². The maximum atomic E-state index is 12.1. The van der Waals surface area contributed by atoms with E-state index in [-0.39, 0.29) is 18.0 Å². The van der Waals surface area contributed by atoms with Crippen LogP contribution in [0.25, 0.3) is 0 Å². The summed E-state index contributed by atoms with van der Waals surface area (Å²) in [5.41, 5.74) is 1.52. The Morgan fingerprint density at radius 3 is 2.95 bits per heavy atom. The number of carbonyl (C=O) groups excluding carboxylic acids is 1. The first-order valence-electron chi connectivity index (χ1n) is 6.82. The van der Waals surface area contributed by atoms with Crippen LogP contribution in [0.15, 0.2) is 24.3 Å². The molecule has 0 atom stereocenters. The van der Waals surface area contributed by atoms with E-state index in [1.54, 1.807) is 6.07 Å². The molecule has 21 heavy (non-hydrogen) atoms. The quantitative estimate of drug-likeness (QED) is 0.893. The first kappa shape index (κ1) is 13.7. The summed E-state index contributed by atoms with van der Waals surface area (Å²) < 4.78 is 10.9. The molecule has 0 bridgehead atoms. The zero-order chi connectivity index (χ0) is 14.7. The van der Waals surface area contributed by atoms with Gasteiger partial charge in [-0.3, -0.25) is 9.89 Å². The molecule has 2 heterocycles. The molecule has 2 aromatic rings. The number of amides is 1. The van der Waals surface area contributed by atoms with E-state index in [2.05, 4.69) is 20.5 Å². The molecule has 1 saturated heterocycles. The molecule has 2 N–H and O–H groups in total. The van der Waals surface area contributed by atoms with Gasteiger partial charge in [-0.05, 0) is 12.1 Å². The number of aromatic nitrogens is 3. The lowest BCUT2D eigenvalue weighted by atomic mass is 10.2. The van der Waals surface area contributed by atoms with E-state index in [1.165, 1.54) is 0 Å². The van der Waals surface area contributed by atoms with E-state index in [0.29, 0.717) is 31.1 Å². The van der Waals surface area contributed by atoms with Gasteiger partial charge in [-0.15, -0.1) is 5.10 Å². The van der Waals surface area contributed by atoms with E-state index in [1.807, 2.05) is 25.1 Å². The SMILES string of the molecule is CCc1nc(C(=O)Nc2cccc(C3OCCO3)c2)n[nH]1. The van der Waals surface area contributed by atoms with E-state index in [9.17, 15) is 4.79 Å². The van der Waals surface area contributed by atoms with Gasteiger partial charge in [0.2, 0.25) is 5.82 Å². The maximum absolute atomic E-state index is 12.1. The standard InChI is InChI=1S/C14H16N4O3/c1-2-11-16-12(18-17-11)13(19)15-10-5-3-4-9(8-10)14-20-6-7-21-14/h3-5,8,14H,2,6-7H2,1H3,(H,15,19)(H,16,17,18). The lowest BCUT2D eigenvalue weighted by Crippen LogP contribution is -2.14. The van der Waals surface area contributed by atoms with Crippen LogP contribution in [0.3, 0.4) is 0 Å². The number of benzene rings is 1. The first-order valence-corrected chi connectivity index (χ1v) is 6.82. The van der Waals surface area contributed by atoms with Crippen LogP contribution in [0.2, 0.25) is 0 Å². The van der Waals surface area contributed by atoms with Crippen LogP contribution in [0, 0.1) is 0 Å². The molecule has 0 spiro atoms. The number of ether oxygens (including phenoxy) is 2.